The minimum atomic E-state index is 0.0191. The Morgan fingerprint density at radius 1 is 0.720 bits per heavy atom. The number of phenols is 1. The summed E-state index contributed by atoms with van der Waals surface area (Å²) >= 11 is 11.9. The highest BCUT2D eigenvalue weighted by molar-refractivity contribution is 6.30. The van der Waals surface area contributed by atoms with Gasteiger partial charge in [0.1, 0.15) is 19.0 Å². The van der Waals surface area contributed by atoms with E-state index in [-0.39, 0.29) is 5.75 Å². The summed E-state index contributed by atoms with van der Waals surface area (Å²) in [6, 6.07) is 19.8. The minimum Gasteiger partial charge on any atom is -0.504 e. The van der Waals surface area contributed by atoms with Crippen LogP contribution in [0, 0.1) is 0 Å². The molecule has 5 heteroatoms. The second-order valence-electron chi connectivity index (χ2n) is 5.47. The first kappa shape index (κ1) is 17.5. The van der Waals surface area contributed by atoms with Crippen LogP contribution in [0.2, 0.25) is 10.0 Å². The third kappa shape index (κ3) is 5.05. The Labute approximate surface area is 156 Å². The van der Waals surface area contributed by atoms with Crippen LogP contribution in [0.25, 0.3) is 0 Å². The predicted octanol–water partition coefficient (Wildman–Crippen LogP) is 5.86. The Morgan fingerprint density at radius 2 is 1.32 bits per heavy atom. The maximum Gasteiger partial charge on any atom is 0.161 e. The zero-order chi connectivity index (χ0) is 17.6. The summed E-state index contributed by atoms with van der Waals surface area (Å²) in [5.74, 6) is 0.952. The van der Waals surface area contributed by atoms with Crippen LogP contribution in [0.15, 0.2) is 66.7 Å². The van der Waals surface area contributed by atoms with E-state index in [0.717, 1.165) is 11.1 Å². The van der Waals surface area contributed by atoms with E-state index in [2.05, 4.69) is 0 Å². The van der Waals surface area contributed by atoms with Crippen LogP contribution in [0.4, 0.5) is 0 Å². The van der Waals surface area contributed by atoms with Crippen molar-refractivity contribution >= 4 is 23.2 Å². The van der Waals surface area contributed by atoms with Crippen LogP contribution in [-0.4, -0.2) is 5.11 Å². The molecule has 0 heterocycles. The molecule has 0 bridgehead atoms. The van der Waals surface area contributed by atoms with Gasteiger partial charge in [-0.1, -0.05) is 47.5 Å². The molecule has 3 aromatic rings. The number of phenolic OH excluding ortho intramolecular Hbond substituents is 1. The summed E-state index contributed by atoms with van der Waals surface area (Å²) in [6.07, 6.45) is 0. The molecule has 0 atom stereocenters. The minimum absolute atomic E-state index is 0.0191. The van der Waals surface area contributed by atoms with E-state index in [1.807, 2.05) is 42.5 Å². The fourth-order valence-corrected chi connectivity index (χ4v) is 2.72. The molecule has 0 aromatic heterocycles. The number of hydrogen-bond acceptors (Lipinski definition) is 3. The lowest BCUT2D eigenvalue weighted by atomic mass is 10.2. The first-order chi connectivity index (χ1) is 12.1. The van der Waals surface area contributed by atoms with Gasteiger partial charge in [0.15, 0.2) is 11.5 Å². The summed E-state index contributed by atoms with van der Waals surface area (Å²) in [6.45, 7) is 0.680. The average Bonchev–Trinajstić information content (AvgIpc) is 2.59. The third-order valence-electron chi connectivity index (χ3n) is 3.51. The van der Waals surface area contributed by atoms with Gasteiger partial charge in [0.05, 0.1) is 0 Å². The molecular formula is C20H16Cl2O3. The molecule has 25 heavy (non-hydrogen) atoms. The SMILES string of the molecule is Oc1cc(OCc2cccc(Cl)c2)ccc1OCc1cccc(Cl)c1. The van der Waals surface area contributed by atoms with E-state index in [9.17, 15) is 5.11 Å². The van der Waals surface area contributed by atoms with Gasteiger partial charge < -0.3 is 14.6 Å². The Bertz CT molecular complexity index is 865. The molecule has 0 radical (unpaired) electrons. The maximum atomic E-state index is 10.1. The predicted molar refractivity (Wildman–Crippen MR) is 99.7 cm³/mol. The van der Waals surface area contributed by atoms with Gasteiger partial charge in [-0.15, -0.1) is 0 Å². The van der Waals surface area contributed by atoms with Crippen LogP contribution in [0.1, 0.15) is 11.1 Å². The second-order valence-corrected chi connectivity index (χ2v) is 6.34. The Kier molecular flexibility index (Phi) is 5.69. The molecule has 0 aliphatic rings. The van der Waals surface area contributed by atoms with Gasteiger partial charge in [-0.3, -0.25) is 0 Å². The van der Waals surface area contributed by atoms with Crippen molar-refractivity contribution in [1.82, 2.24) is 0 Å². The zero-order valence-electron chi connectivity index (χ0n) is 13.3. The molecule has 0 spiro atoms. The fraction of sp³-hybridized carbons (Fsp3) is 0.100. The highest BCUT2D eigenvalue weighted by Crippen LogP contribution is 2.31. The number of ether oxygens (including phenoxy) is 2. The normalized spacial score (nSPS) is 10.5. The van der Waals surface area contributed by atoms with Gasteiger partial charge in [0.2, 0.25) is 0 Å². The lowest BCUT2D eigenvalue weighted by Gasteiger charge is -2.11. The largest absolute Gasteiger partial charge is 0.504 e. The summed E-state index contributed by atoms with van der Waals surface area (Å²) < 4.78 is 11.3. The molecule has 128 valence electrons. The molecule has 3 rings (SSSR count). The molecule has 0 saturated carbocycles. The van der Waals surface area contributed by atoms with Crippen molar-refractivity contribution in [2.45, 2.75) is 13.2 Å². The van der Waals surface area contributed by atoms with E-state index in [0.29, 0.717) is 34.8 Å². The van der Waals surface area contributed by atoms with E-state index < -0.39 is 0 Å². The van der Waals surface area contributed by atoms with Crippen molar-refractivity contribution in [3.05, 3.63) is 87.9 Å². The van der Waals surface area contributed by atoms with Gasteiger partial charge >= 0.3 is 0 Å². The third-order valence-corrected chi connectivity index (χ3v) is 3.98. The molecule has 3 nitrogen and oxygen atoms in total. The van der Waals surface area contributed by atoms with E-state index >= 15 is 0 Å². The van der Waals surface area contributed by atoms with Crippen LogP contribution in [0.3, 0.4) is 0 Å². The first-order valence-corrected chi connectivity index (χ1v) is 8.43. The molecule has 3 aromatic carbocycles. The summed E-state index contributed by atoms with van der Waals surface area (Å²) in [5, 5.41) is 11.4. The Hall–Kier alpha value is -2.36. The van der Waals surface area contributed by atoms with Crippen molar-refractivity contribution in [2.75, 3.05) is 0 Å². The molecule has 0 fully saturated rings. The van der Waals surface area contributed by atoms with Crippen molar-refractivity contribution in [1.29, 1.82) is 0 Å². The van der Waals surface area contributed by atoms with Crippen LogP contribution < -0.4 is 9.47 Å². The second kappa shape index (κ2) is 8.15. The van der Waals surface area contributed by atoms with E-state index in [1.54, 1.807) is 18.2 Å². The molecule has 1 N–H and O–H groups in total. The molecule has 0 amide bonds. The lowest BCUT2D eigenvalue weighted by Crippen LogP contribution is -1.97. The van der Waals surface area contributed by atoms with Gasteiger partial charge in [-0.05, 0) is 47.5 Å². The lowest BCUT2D eigenvalue weighted by molar-refractivity contribution is 0.282. The number of rotatable bonds is 6. The molecule has 0 saturated heterocycles. The molecule has 0 aliphatic heterocycles. The van der Waals surface area contributed by atoms with Gasteiger partial charge in [0, 0.05) is 16.1 Å². The van der Waals surface area contributed by atoms with Gasteiger partial charge in [-0.25, -0.2) is 0 Å². The number of halogens is 2. The molecule has 0 unspecified atom stereocenters. The Balaban J connectivity index is 1.60. The number of aromatic hydroxyl groups is 1. The first-order valence-electron chi connectivity index (χ1n) is 7.68. The number of hydrogen-bond donors (Lipinski definition) is 1. The summed E-state index contributed by atoms with van der Waals surface area (Å²) in [7, 11) is 0. The topological polar surface area (TPSA) is 38.7 Å². The van der Waals surface area contributed by atoms with Crippen molar-refractivity contribution in [2.24, 2.45) is 0 Å². The standard InChI is InChI=1S/C20H16Cl2O3/c21-16-5-1-3-14(9-16)12-24-18-7-8-20(19(23)11-18)25-13-15-4-2-6-17(22)10-15/h1-11,23H,12-13H2. The van der Waals surface area contributed by atoms with E-state index in [4.69, 9.17) is 32.7 Å². The maximum absolute atomic E-state index is 10.1. The Morgan fingerprint density at radius 3 is 1.88 bits per heavy atom. The van der Waals surface area contributed by atoms with Gasteiger partial charge in [-0.2, -0.15) is 0 Å². The quantitative estimate of drug-likeness (QED) is 0.587. The number of benzene rings is 3. The van der Waals surface area contributed by atoms with Crippen molar-refractivity contribution < 1.29 is 14.6 Å². The van der Waals surface area contributed by atoms with Crippen molar-refractivity contribution in [3.63, 3.8) is 0 Å². The summed E-state index contributed by atoms with van der Waals surface area (Å²) in [4.78, 5) is 0. The van der Waals surface area contributed by atoms with Gasteiger partial charge in [0.25, 0.3) is 0 Å². The fourth-order valence-electron chi connectivity index (χ4n) is 2.29. The van der Waals surface area contributed by atoms with Crippen LogP contribution in [0.5, 0.6) is 17.2 Å². The average molecular weight is 375 g/mol. The van der Waals surface area contributed by atoms with Crippen molar-refractivity contribution in [3.8, 4) is 17.2 Å². The zero-order valence-corrected chi connectivity index (χ0v) is 14.8. The van der Waals surface area contributed by atoms with Crippen LogP contribution >= 0.6 is 23.2 Å². The molecule has 0 aliphatic carbocycles. The van der Waals surface area contributed by atoms with E-state index in [1.165, 1.54) is 6.07 Å². The highest BCUT2D eigenvalue weighted by Gasteiger charge is 2.06. The monoisotopic (exact) mass is 374 g/mol. The van der Waals surface area contributed by atoms with Crippen LogP contribution in [-0.2, 0) is 13.2 Å². The molecular weight excluding hydrogens is 359 g/mol. The highest BCUT2D eigenvalue weighted by atomic mass is 35.5. The smallest absolute Gasteiger partial charge is 0.161 e. The summed E-state index contributed by atoms with van der Waals surface area (Å²) in [5.41, 5.74) is 1.88.